The number of hydrogen-bond acceptors (Lipinski definition) is 2. The van der Waals surface area contributed by atoms with Gasteiger partial charge in [-0.2, -0.15) is 0 Å². The van der Waals surface area contributed by atoms with Gasteiger partial charge in [-0.15, -0.1) is 0 Å². The van der Waals surface area contributed by atoms with Crippen molar-refractivity contribution in [3.8, 4) is 0 Å². The first-order valence-electron chi connectivity index (χ1n) is 6.24. The zero-order valence-electron chi connectivity index (χ0n) is 10.6. The summed E-state index contributed by atoms with van der Waals surface area (Å²) in [7, 11) is 0. The van der Waals surface area contributed by atoms with Gasteiger partial charge >= 0.3 is 0 Å². The van der Waals surface area contributed by atoms with Gasteiger partial charge in [-0.25, -0.2) is 0 Å². The number of hydrogen-bond donors (Lipinski definition) is 1. The van der Waals surface area contributed by atoms with Gasteiger partial charge < -0.3 is 5.32 Å². The van der Waals surface area contributed by atoms with E-state index in [0.29, 0.717) is 6.04 Å². The second kappa shape index (κ2) is 6.29. The quantitative estimate of drug-likeness (QED) is 0.701. The molecule has 1 aliphatic heterocycles. The molecule has 0 aromatic rings. The Bertz CT molecular complexity index is 193. The molecule has 0 saturated carbocycles. The van der Waals surface area contributed by atoms with Gasteiger partial charge in [-0.3, -0.25) is 4.90 Å². The molecule has 2 heteroatoms. The largest absolute Gasteiger partial charge is 0.311 e. The van der Waals surface area contributed by atoms with Crippen molar-refractivity contribution in [2.45, 2.75) is 52.1 Å². The van der Waals surface area contributed by atoms with Crippen molar-refractivity contribution in [1.29, 1.82) is 0 Å². The van der Waals surface area contributed by atoms with E-state index in [4.69, 9.17) is 0 Å². The van der Waals surface area contributed by atoms with Gasteiger partial charge in [0.15, 0.2) is 0 Å². The standard InChI is InChI=1S/C13H26N2/c1-5-12(4)14-13-6-8-15(9-7-13)10-11(2)3/h12-14H,2,5-10H2,1,3-4H3. The minimum atomic E-state index is 0.669. The Morgan fingerprint density at radius 2 is 2.07 bits per heavy atom. The van der Waals surface area contributed by atoms with E-state index < -0.39 is 0 Å². The number of piperidine rings is 1. The van der Waals surface area contributed by atoms with Crippen molar-refractivity contribution in [1.82, 2.24) is 10.2 Å². The molecule has 2 nitrogen and oxygen atoms in total. The lowest BCUT2D eigenvalue weighted by molar-refractivity contribution is 0.204. The number of likely N-dealkylation sites (tertiary alicyclic amines) is 1. The number of nitrogens with zero attached hydrogens (tertiary/aromatic N) is 1. The van der Waals surface area contributed by atoms with Crippen molar-refractivity contribution >= 4 is 0 Å². The van der Waals surface area contributed by atoms with E-state index in [-0.39, 0.29) is 0 Å². The Labute approximate surface area is 94.7 Å². The van der Waals surface area contributed by atoms with Crippen LogP contribution in [0.25, 0.3) is 0 Å². The Hall–Kier alpha value is -0.340. The summed E-state index contributed by atoms with van der Waals surface area (Å²) in [6, 6.07) is 1.41. The van der Waals surface area contributed by atoms with Crippen LogP contribution in [-0.4, -0.2) is 36.6 Å². The first-order valence-corrected chi connectivity index (χ1v) is 6.24. The molecule has 1 unspecified atom stereocenters. The maximum absolute atomic E-state index is 3.97. The predicted octanol–water partition coefficient (Wildman–Crippen LogP) is 2.42. The molecule has 0 spiro atoms. The van der Waals surface area contributed by atoms with Crippen molar-refractivity contribution in [3.05, 3.63) is 12.2 Å². The van der Waals surface area contributed by atoms with E-state index in [0.717, 1.165) is 12.6 Å². The number of rotatable bonds is 5. The lowest BCUT2D eigenvalue weighted by Crippen LogP contribution is -2.45. The highest BCUT2D eigenvalue weighted by atomic mass is 15.1. The number of nitrogens with one attached hydrogen (secondary N) is 1. The summed E-state index contributed by atoms with van der Waals surface area (Å²) >= 11 is 0. The van der Waals surface area contributed by atoms with Crippen LogP contribution in [0, 0.1) is 0 Å². The molecule has 0 aliphatic carbocycles. The SMILES string of the molecule is C=C(C)CN1CCC(NC(C)CC)CC1. The molecule has 0 aromatic heterocycles. The van der Waals surface area contributed by atoms with Crippen LogP contribution in [0.15, 0.2) is 12.2 Å². The second-order valence-corrected chi connectivity index (χ2v) is 4.98. The van der Waals surface area contributed by atoms with Crippen molar-refractivity contribution in [3.63, 3.8) is 0 Å². The van der Waals surface area contributed by atoms with Gasteiger partial charge in [-0.1, -0.05) is 19.1 Å². The Balaban J connectivity index is 2.20. The zero-order valence-corrected chi connectivity index (χ0v) is 10.6. The Morgan fingerprint density at radius 1 is 1.47 bits per heavy atom. The lowest BCUT2D eigenvalue weighted by Gasteiger charge is -2.33. The fraction of sp³-hybridized carbons (Fsp3) is 0.846. The molecular formula is C13H26N2. The molecular weight excluding hydrogens is 184 g/mol. The van der Waals surface area contributed by atoms with Gasteiger partial charge in [0, 0.05) is 18.6 Å². The highest BCUT2D eigenvalue weighted by molar-refractivity contribution is 4.93. The molecule has 1 saturated heterocycles. The summed E-state index contributed by atoms with van der Waals surface area (Å²) < 4.78 is 0. The van der Waals surface area contributed by atoms with E-state index in [9.17, 15) is 0 Å². The van der Waals surface area contributed by atoms with Gasteiger partial charge in [0.2, 0.25) is 0 Å². The van der Waals surface area contributed by atoms with Crippen LogP contribution in [0.4, 0.5) is 0 Å². The molecule has 15 heavy (non-hydrogen) atoms. The minimum absolute atomic E-state index is 0.669. The van der Waals surface area contributed by atoms with Crippen LogP contribution in [-0.2, 0) is 0 Å². The molecule has 1 fully saturated rings. The Kier molecular flexibility index (Phi) is 5.34. The normalized spacial score (nSPS) is 21.5. The van der Waals surface area contributed by atoms with Crippen molar-refractivity contribution in [2.24, 2.45) is 0 Å². The van der Waals surface area contributed by atoms with Gasteiger partial charge in [0.1, 0.15) is 0 Å². The third-order valence-corrected chi connectivity index (χ3v) is 3.21. The molecule has 0 bridgehead atoms. The molecule has 0 radical (unpaired) electrons. The monoisotopic (exact) mass is 210 g/mol. The predicted molar refractivity (Wildman–Crippen MR) is 67.2 cm³/mol. The third kappa shape index (κ3) is 4.80. The molecule has 1 atom stereocenters. The molecule has 0 aromatic carbocycles. The summed E-state index contributed by atoms with van der Waals surface area (Å²) in [5, 5.41) is 3.69. The summed E-state index contributed by atoms with van der Waals surface area (Å²) in [4.78, 5) is 2.51. The van der Waals surface area contributed by atoms with Gasteiger partial charge in [-0.05, 0) is 46.2 Å². The molecule has 88 valence electrons. The van der Waals surface area contributed by atoms with Crippen LogP contribution in [0.1, 0.15) is 40.0 Å². The van der Waals surface area contributed by atoms with Crippen LogP contribution < -0.4 is 5.32 Å². The van der Waals surface area contributed by atoms with Gasteiger partial charge in [0.05, 0.1) is 0 Å². The second-order valence-electron chi connectivity index (χ2n) is 4.98. The highest BCUT2D eigenvalue weighted by Crippen LogP contribution is 2.12. The maximum Gasteiger partial charge on any atom is 0.0187 e. The summed E-state index contributed by atoms with van der Waals surface area (Å²) in [5.74, 6) is 0. The fourth-order valence-corrected chi connectivity index (χ4v) is 2.16. The summed E-state index contributed by atoms with van der Waals surface area (Å²) in [6.07, 6.45) is 3.81. The zero-order chi connectivity index (χ0) is 11.3. The van der Waals surface area contributed by atoms with Crippen LogP contribution >= 0.6 is 0 Å². The van der Waals surface area contributed by atoms with Crippen molar-refractivity contribution in [2.75, 3.05) is 19.6 Å². The third-order valence-electron chi connectivity index (χ3n) is 3.21. The topological polar surface area (TPSA) is 15.3 Å². The summed E-state index contributed by atoms with van der Waals surface area (Å²) in [6.45, 7) is 14.1. The van der Waals surface area contributed by atoms with E-state index in [2.05, 4.69) is 37.6 Å². The smallest absolute Gasteiger partial charge is 0.0187 e. The van der Waals surface area contributed by atoms with E-state index in [1.165, 1.54) is 37.9 Å². The van der Waals surface area contributed by atoms with E-state index in [1.807, 2.05) is 0 Å². The average molecular weight is 210 g/mol. The summed E-state index contributed by atoms with van der Waals surface area (Å²) in [5.41, 5.74) is 1.28. The fourth-order valence-electron chi connectivity index (χ4n) is 2.16. The maximum atomic E-state index is 3.97. The van der Waals surface area contributed by atoms with Gasteiger partial charge in [0.25, 0.3) is 0 Å². The molecule has 1 aliphatic rings. The van der Waals surface area contributed by atoms with Crippen LogP contribution in [0.3, 0.4) is 0 Å². The van der Waals surface area contributed by atoms with Crippen LogP contribution in [0.5, 0.6) is 0 Å². The van der Waals surface area contributed by atoms with E-state index >= 15 is 0 Å². The van der Waals surface area contributed by atoms with Crippen LogP contribution in [0.2, 0.25) is 0 Å². The molecule has 1 N–H and O–H groups in total. The molecule has 0 amide bonds. The molecule has 1 rings (SSSR count). The van der Waals surface area contributed by atoms with E-state index in [1.54, 1.807) is 0 Å². The minimum Gasteiger partial charge on any atom is -0.311 e. The van der Waals surface area contributed by atoms with Crippen molar-refractivity contribution < 1.29 is 0 Å². The highest BCUT2D eigenvalue weighted by Gasteiger charge is 2.19. The first-order chi connectivity index (χ1) is 7.11. The first kappa shape index (κ1) is 12.7. The Morgan fingerprint density at radius 3 is 2.53 bits per heavy atom. The average Bonchev–Trinajstić information content (AvgIpc) is 2.20. The molecule has 1 heterocycles. The lowest BCUT2D eigenvalue weighted by atomic mass is 10.0.